The smallest absolute Gasteiger partial charge is 0.150 e. The third-order valence-electron chi connectivity index (χ3n) is 9.02. The van der Waals surface area contributed by atoms with Crippen molar-refractivity contribution in [3.63, 3.8) is 0 Å². The Morgan fingerprint density at radius 2 is 1.59 bits per heavy atom. The van der Waals surface area contributed by atoms with E-state index in [9.17, 15) is 4.39 Å². The lowest BCUT2D eigenvalue weighted by Gasteiger charge is -2.35. The highest BCUT2D eigenvalue weighted by Crippen LogP contribution is 2.31. The Labute approximate surface area is 246 Å². The van der Waals surface area contributed by atoms with Crippen molar-refractivity contribution < 1.29 is 4.39 Å². The van der Waals surface area contributed by atoms with E-state index >= 15 is 0 Å². The molecule has 6 rings (SSSR count). The third-order valence-corrected chi connectivity index (χ3v) is 9.02. The van der Waals surface area contributed by atoms with Crippen LogP contribution in [0.3, 0.4) is 0 Å². The molecule has 2 unspecified atom stereocenters. The first-order valence-electron chi connectivity index (χ1n) is 15.9. The summed E-state index contributed by atoms with van der Waals surface area (Å²) in [5.41, 5.74) is 2.77. The van der Waals surface area contributed by atoms with E-state index < -0.39 is 5.67 Å². The minimum absolute atomic E-state index is 0.184. The summed E-state index contributed by atoms with van der Waals surface area (Å²) in [7, 11) is 0. The Morgan fingerprint density at radius 3 is 2.32 bits per heavy atom. The van der Waals surface area contributed by atoms with Crippen molar-refractivity contribution in [1.29, 1.82) is 0 Å². The molecular formula is C34H49FN6. The maximum Gasteiger partial charge on any atom is 0.150 e. The molecule has 3 fully saturated rings. The van der Waals surface area contributed by atoms with Crippen LogP contribution in [0.4, 0.5) is 4.39 Å². The predicted molar refractivity (Wildman–Crippen MR) is 165 cm³/mol. The average Bonchev–Trinajstić information content (AvgIpc) is 3.77. The molecule has 0 saturated carbocycles. The van der Waals surface area contributed by atoms with Crippen molar-refractivity contribution in [2.24, 2.45) is 0 Å². The lowest BCUT2D eigenvalue weighted by Crippen LogP contribution is -2.42. The van der Waals surface area contributed by atoms with Gasteiger partial charge in [0.25, 0.3) is 0 Å². The molecule has 0 aliphatic carbocycles. The van der Waals surface area contributed by atoms with Gasteiger partial charge in [-0.15, -0.1) is 10.2 Å². The van der Waals surface area contributed by atoms with Gasteiger partial charge in [-0.25, -0.2) is 4.39 Å². The summed E-state index contributed by atoms with van der Waals surface area (Å²) >= 11 is 0. The second-order valence-electron chi connectivity index (χ2n) is 12.2. The number of benzene rings is 2. The van der Waals surface area contributed by atoms with Crippen LogP contribution in [0.15, 0.2) is 60.9 Å². The van der Waals surface area contributed by atoms with Gasteiger partial charge in [0.2, 0.25) is 0 Å². The maximum absolute atomic E-state index is 14.5. The molecular weight excluding hydrogens is 511 g/mol. The average molecular weight is 561 g/mol. The predicted octanol–water partition coefficient (Wildman–Crippen LogP) is 6.13. The van der Waals surface area contributed by atoms with E-state index in [0.29, 0.717) is 19.0 Å². The second kappa shape index (κ2) is 14.0. The van der Waals surface area contributed by atoms with E-state index in [1.54, 1.807) is 6.92 Å². The van der Waals surface area contributed by atoms with Gasteiger partial charge in [0, 0.05) is 32.2 Å². The van der Waals surface area contributed by atoms with Crippen molar-refractivity contribution in [2.45, 2.75) is 90.1 Å². The number of halogens is 1. The molecule has 3 aliphatic rings. The van der Waals surface area contributed by atoms with Crippen molar-refractivity contribution in [1.82, 2.24) is 29.5 Å². The Hall–Kier alpha value is -2.61. The Kier molecular flexibility index (Phi) is 10.2. The summed E-state index contributed by atoms with van der Waals surface area (Å²) in [5.74, 6) is 1.06. The van der Waals surface area contributed by atoms with E-state index in [-0.39, 0.29) is 6.04 Å². The van der Waals surface area contributed by atoms with Crippen LogP contribution in [0.5, 0.6) is 0 Å². The largest absolute Gasteiger partial charge is 0.312 e. The molecule has 4 heterocycles. The highest BCUT2D eigenvalue weighted by atomic mass is 19.1. The fourth-order valence-corrected chi connectivity index (χ4v) is 6.96. The van der Waals surface area contributed by atoms with E-state index in [2.05, 4.69) is 79.0 Å². The van der Waals surface area contributed by atoms with Gasteiger partial charge >= 0.3 is 0 Å². The summed E-state index contributed by atoms with van der Waals surface area (Å²) in [6.07, 6.45) is 8.31. The molecule has 3 saturated heterocycles. The SMILES string of the molecule is CC.CC1(F)CCCN(Cc2ccc(CC(c3nncn3Cc3ccccc3)N3CC[C@H](N4CCCC4)C3)cc2)C1. The van der Waals surface area contributed by atoms with E-state index in [1.165, 1.54) is 49.0 Å². The van der Waals surface area contributed by atoms with Gasteiger partial charge < -0.3 is 4.57 Å². The van der Waals surface area contributed by atoms with Crippen molar-refractivity contribution >= 4 is 0 Å². The molecule has 7 heteroatoms. The maximum atomic E-state index is 14.5. The summed E-state index contributed by atoms with van der Waals surface area (Å²) in [6.45, 7) is 13.5. The third kappa shape index (κ3) is 7.82. The topological polar surface area (TPSA) is 40.4 Å². The van der Waals surface area contributed by atoms with Gasteiger partial charge in [-0.1, -0.05) is 68.4 Å². The van der Waals surface area contributed by atoms with Crippen LogP contribution in [0.25, 0.3) is 0 Å². The van der Waals surface area contributed by atoms with Crippen LogP contribution in [-0.2, 0) is 19.5 Å². The number of hydrogen-bond acceptors (Lipinski definition) is 5. The molecule has 222 valence electrons. The summed E-state index contributed by atoms with van der Waals surface area (Å²) in [5, 5.41) is 9.08. The van der Waals surface area contributed by atoms with Gasteiger partial charge in [-0.05, 0) is 81.8 Å². The van der Waals surface area contributed by atoms with Crippen LogP contribution >= 0.6 is 0 Å². The molecule has 0 bridgehead atoms. The summed E-state index contributed by atoms with van der Waals surface area (Å²) in [6, 6.07) is 20.4. The number of nitrogens with zero attached hydrogens (tertiary/aromatic N) is 6. The highest BCUT2D eigenvalue weighted by Gasteiger charge is 2.35. The fraction of sp³-hybridized carbons (Fsp3) is 0.588. The zero-order valence-electron chi connectivity index (χ0n) is 25.4. The first kappa shape index (κ1) is 29.9. The second-order valence-corrected chi connectivity index (χ2v) is 12.2. The molecule has 3 aliphatic heterocycles. The van der Waals surface area contributed by atoms with E-state index in [0.717, 1.165) is 51.4 Å². The number of aromatic nitrogens is 3. The molecule has 0 spiro atoms. The number of rotatable bonds is 9. The monoisotopic (exact) mass is 560 g/mol. The van der Waals surface area contributed by atoms with Gasteiger partial charge in [0.1, 0.15) is 12.0 Å². The summed E-state index contributed by atoms with van der Waals surface area (Å²) in [4.78, 5) is 7.61. The molecule has 2 aromatic carbocycles. The lowest BCUT2D eigenvalue weighted by molar-refractivity contribution is 0.0563. The zero-order valence-corrected chi connectivity index (χ0v) is 25.4. The molecule has 3 aromatic rings. The normalized spacial score (nSPS) is 24.7. The first-order chi connectivity index (χ1) is 20.0. The number of alkyl halides is 1. The lowest BCUT2D eigenvalue weighted by atomic mass is 9.96. The van der Waals surface area contributed by atoms with Crippen molar-refractivity contribution in [3.05, 3.63) is 83.4 Å². The molecule has 3 atom stereocenters. The number of piperidine rings is 1. The van der Waals surface area contributed by atoms with Crippen LogP contribution < -0.4 is 0 Å². The minimum atomic E-state index is -1.07. The molecule has 0 N–H and O–H groups in total. The highest BCUT2D eigenvalue weighted by molar-refractivity contribution is 5.25. The van der Waals surface area contributed by atoms with E-state index in [1.807, 2.05) is 20.2 Å². The van der Waals surface area contributed by atoms with Gasteiger partial charge in [0.15, 0.2) is 5.82 Å². The Bertz CT molecular complexity index is 1190. The molecule has 41 heavy (non-hydrogen) atoms. The molecule has 0 radical (unpaired) electrons. The molecule has 1 aromatic heterocycles. The van der Waals surface area contributed by atoms with E-state index in [4.69, 9.17) is 5.10 Å². The number of likely N-dealkylation sites (tertiary alicyclic amines) is 3. The summed E-state index contributed by atoms with van der Waals surface area (Å²) < 4.78 is 16.8. The Morgan fingerprint density at radius 1 is 0.878 bits per heavy atom. The van der Waals surface area contributed by atoms with Crippen LogP contribution in [0.2, 0.25) is 0 Å². The number of hydrogen-bond donors (Lipinski definition) is 0. The van der Waals surface area contributed by atoms with Crippen LogP contribution in [0, 0.1) is 0 Å². The van der Waals surface area contributed by atoms with Gasteiger partial charge in [-0.3, -0.25) is 14.7 Å². The quantitative estimate of drug-likeness (QED) is 0.315. The van der Waals surface area contributed by atoms with Gasteiger partial charge in [0.05, 0.1) is 12.6 Å². The first-order valence-corrected chi connectivity index (χ1v) is 15.9. The minimum Gasteiger partial charge on any atom is -0.312 e. The van der Waals surface area contributed by atoms with Crippen molar-refractivity contribution in [2.75, 3.05) is 39.3 Å². The van der Waals surface area contributed by atoms with Crippen LogP contribution in [-0.4, -0.2) is 80.4 Å². The fourth-order valence-electron chi connectivity index (χ4n) is 6.96. The zero-order chi connectivity index (χ0) is 28.7. The molecule has 0 amide bonds. The van der Waals surface area contributed by atoms with Crippen LogP contribution in [0.1, 0.15) is 81.4 Å². The standard InChI is InChI=1S/C32H43FN6.C2H6/c1-32(33)15-7-16-36(24-32)21-28-12-10-26(11-13-28)20-30(38-19-14-29(23-38)37-17-5-6-18-37)31-35-34-25-39(31)22-27-8-3-2-4-9-27;1-2/h2-4,8-13,25,29-30H,5-7,14-24H2,1H3;1-2H3/t29-,30?,32?;/m0./s1. The Balaban J connectivity index is 0.00000165. The molecule has 6 nitrogen and oxygen atoms in total. The van der Waals surface area contributed by atoms with Gasteiger partial charge in [-0.2, -0.15) is 0 Å². The van der Waals surface area contributed by atoms with Crippen molar-refractivity contribution in [3.8, 4) is 0 Å².